The molecule has 35 heavy (non-hydrogen) atoms. The second kappa shape index (κ2) is 10.1. The number of carbonyl (C=O) groups is 1. The molecule has 2 heterocycles. The van der Waals surface area contributed by atoms with Gasteiger partial charge in [0.2, 0.25) is 0 Å². The van der Waals surface area contributed by atoms with E-state index in [4.69, 9.17) is 9.47 Å². The lowest BCUT2D eigenvalue weighted by atomic mass is 10.1. The number of aromatic carboxylic acids is 1. The molecular formula is C24H26N4O6S. The molecular weight excluding hydrogens is 472 g/mol. The average molecular weight is 499 g/mol. The Balaban J connectivity index is 1.56. The maximum Gasteiger partial charge on any atom is 0.337 e. The summed E-state index contributed by atoms with van der Waals surface area (Å²) in [6.45, 7) is 2.56. The quantitative estimate of drug-likeness (QED) is 0.483. The standard InChI is InChI=1S/C24H26N4O6S/c1-33-18-7-9-21(34-2)22(16-18)35(31,32)26-17-6-8-20(19(15-17)24(29)30)27-11-13-28(14-12-27)23-5-3-4-10-25-23/h3-10,15-16,26H,11-14H2,1-2H3,(H,29,30). The molecule has 1 saturated heterocycles. The Morgan fingerprint density at radius 3 is 2.34 bits per heavy atom. The van der Waals surface area contributed by atoms with Crippen molar-refractivity contribution in [2.45, 2.75) is 4.90 Å². The first-order valence-electron chi connectivity index (χ1n) is 10.9. The monoisotopic (exact) mass is 498 g/mol. The number of rotatable bonds is 8. The van der Waals surface area contributed by atoms with Crippen molar-refractivity contribution in [3.05, 3.63) is 66.4 Å². The van der Waals surface area contributed by atoms with E-state index >= 15 is 0 Å². The summed E-state index contributed by atoms with van der Waals surface area (Å²) in [5, 5.41) is 9.86. The van der Waals surface area contributed by atoms with Gasteiger partial charge in [0.25, 0.3) is 10.0 Å². The van der Waals surface area contributed by atoms with Crippen molar-refractivity contribution >= 4 is 33.2 Å². The van der Waals surface area contributed by atoms with Gasteiger partial charge in [0.05, 0.1) is 25.5 Å². The van der Waals surface area contributed by atoms with Crippen LogP contribution in [0.25, 0.3) is 0 Å². The van der Waals surface area contributed by atoms with Crippen molar-refractivity contribution in [1.82, 2.24) is 4.98 Å². The number of carboxylic acids is 1. The van der Waals surface area contributed by atoms with Gasteiger partial charge < -0.3 is 24.4 Å². The zero-order valence-electron chi connectivity index (χ0n) is 19.3. The summed E-state index contributed by atoms with van der Waals surface area (Å²) in [6.07, 6.45) is 1.74. The first kappa shape index (κ1) is 24.1. The van der Waals surface area contributed by atoms with Gasteiger partial charge in [-0.3, -0.25) is 4.72 Å². The first-order chi connectivity index (χ1) is 16.8. The van der Waals surface area contributed by atoms with Gasteiger partial charge in [0.15, 0.2) is 0 Å². The van der Waals surface area contributed by atoms with E-state index in [-0.39, 0.29) is 21.9 Å². The molecule has 0 saturated carbocycles. The van der Waals surface area contributed by atoms with E-state index in [0.29, 0.717) is 37.6 Å². The van der Waals surface area contributed by atoms with Crippen molar-refractivity contribution in [2.75, 3.05) is 54.9 Å². The van der Waals surface area contributed by atoms with Crippen molar-refractivity contribution in [3.63, 3.8) is 0 Å². The maximum absolute atomic E-state index is 13.1. The van der Waals surface area contributed by atoms with Crippen LogP contribution >= 0.6 is 0 Å². The van der Waals surface area contributed by atoms with E-state index in [1.807, 2.05) is 23.1 Å². The molecule has 0 radical (unpaired) electrons. The molecule has 3 aromatic rings. The number of ether oxygens (including phenoxy) is 2. The number of carboxylic acid groups (broad SMARTS) is 1. The molecule has 0 aliphatic carbocycles. The van der Waals surface area contributed by atoms with Gasteiger partial charge in [-0.1, -0.05) is 6.07 Å². The number of hydrogen-bond donors (Lipinski definition) is 2. The normalized spacial score (nSPS) is 13.9. The van der Waals surface area contributed by atoms with Crippen LogP contribution < -0.4 is 24.0 Å². The molecule has 4 rings (SSSR count). The highest BCUT2D eigenvalue weighted by molar-refractivity contribution is 7.92. The Labute approximate surface area is 203 Å². The number of nitrogens with zero attached hydrogens (tertiary/aromatic N) is 3. The van der Waals surface area contributed by atoms with Gasteiger partial charge in [0, 0.05) is 44.1 Å². The van der Waals surface area contributed by atoms with Crippen LogP contribution in [0.3, 0.4) is 0 Å². The smallest absolute Gasteiger partial charge is 0.337 e. The van der Waals surface area contributed by atoms with Gasteiger partial charge in [-0.2, -0.15) is 0 Å². The van der Waals surface area contributed by atoms with E-state index in [1.54, 1.807) is 24.4 Å². The molecule has 2 aromatic carbocycles. The molecule has 0 bridgehead atoms. The highest BCUT2D eigenvalue weighted by Crippen LogP contribution is 2.31. The van der Waals surface area contributed by atoms with Gasteiger partial charge >= 0.3 is 5.97 Å². The number of aromatic nitrogens is 1. The van der Waals surface area contributed by atoms with Gasteiger partial charge in [0.1, 0.15) is 22.2 Å². The van der Waals surface area contributed by atoms with Crippen molar-refractivity contribution in [2.24, 2.45) is 0 Å². The number of pyridine rings is 1. The number of benzene rings is 2. The van der Waals surface area contributed by atoms with Crippen LogP contribution in [0.15, 0.2) is 65.7 Å². The summed E-state index contributed by atoms with van der Waals surface area (Å²) in [5.74, 6) is 0.215. The molecule has 0 spiro atoms. The lowest BCUT2D eigenvalue weighted by Crippen LogP contribution is -2.47. The molecule has 1 aromatic heterocycles. The zero-order valence-corrected chi connectivity index (χ0v) is 20.2. The Hall–Kier alpha value is -3.99. The molecule has 0 atom stereocenters. The Morgan fingerprint density at radius 2 is 1.71 bits per heavy atom. The molecule has 0 amide bonds. The third kappa shape index (κ3) is 5.24. The highest BCUT2D eigenvalue weighted by atomic mass is 32.2. The predicted molar refractivity (Wildman–Crippen MR) is 132 cm³/mol. The molecule has 2 N–H and O–H groups in total. The number of nitrogens with one attached hydrogen (secondary N) is 1. The van der Waals surface area contributed by atoms with Gasteiger partial charge in [-0.25, -0.2) is 18.2 Å². The summed E-state index contributed by atoms with van der Waals surface area (Å²) in [6, 6.07) is 14.7. The number of sulfonamides is 1. The summed E-state index contributed by atoms with van der Waals surface area (Å²) >= 11 is 0. The predicted octanol–water partition coefficient (Wildman–Crippen LogP) is 2.92. The van der Waals surface area contributed by atoms with Crippen molar-refractivity contribution in [3.8, 4) is 11.5 Å². The molecule has 0 unspecified atom stereocenters. The minimum Gasteiger partial charge on any atom is -0.497 e. The molecule has 1 fully saturated rings. The summed E-state index contributed by atoms with van der Waals surface area (Å²) in [7, 11) is -1.28. The molecule has 10 nitrogen and oxygen atoms in total. The number of anilines is 3. The third-order valence-electron chi connectivity index (χ3n) is 5.73. The van der Waals surface area contributed by atoms with E-state index in [0.717, 1.165) is 5.82 Å². The van der Waals surface area contributed by atoms with Crippen LogP contribution in [-0.4, -0.2) is 64.9 Å². The fraction of sp³-hybridized carbons (Fsp3) is 0.250. The Kier molecular flexibility index (Phi) is 6.97. The largest absolute Gasteiger partial charge is 0.497 e. The van der Waals surface area contributed by atoms with Gasteiger partial charge in [-0.15, -0.1) is 0 Å². The minimum atomic E-state index is -4.08. The van der Waals surface area contributed by atoms with E-state index in [1.165, 1.54) is 32.4 Å². The van der Waals surface area contributed by atoms with Crippen LogP contribution in [0.4, 0.5) is 17.2 Å². The van der Waals surface area contributed by atoms with E-state index in [2.05, 4.69) is 14.6 Å². The minimum absolute atomic E-state index is 0.00842. The van der Waals surface area contributed by atoms with Crippen LogP contribution in [0.5, 0.6) is 11.5 Å². The summed E-state index contributed by atoms with van der Waals surface area (Å²) in [4.78, 5) is 20.4. The van der Waals surface area contributed by atoms with Crippen molar-refractivity contribution < 1.29 is 27.8 Å². The second-order valence-electron chi connectivity index (χ2n) is 7.82. The third-order valence-corrected chi connectivity index (χ3v) is 7.14. The van der Waals surface area contributed by atoms with Gasteiger partial charge in [-0.05, 0) is 42.5 Å². The molecule has 1 aliphatic rings. The molecule has 184 valence electrons. The number of methoxy groups -OCH3 is 2. The van der Waals surface area contributed by atoms with Crippen molar-refractivity contribution in [1.29, 1.82) is 0 Å². The van der Waals surface area contributed by atoms with E-state index < -0.39 is 16.0 Å². The van der Waals surface area contributed by atoms with Crippen LogP contribution in [0.1, 0.15) is 10.4 Å². The SMILES string of the molecule is COc1ccc(OC)c(S(=O)(=O)Nc2ccc(N3CCN(c4ccccn4)CC3)c(C(=O)O)c2)c1. The fourth-order valence-corrected chi connectivity index (χ4v) is 5.20. The Morgan fingerprint density at radius 1 is 0.971 bits per heavy atom. The fourth-order valence-electron chi connectivity index (χ4n) is 3.97. The van der Waals surface area contributed by atoms with Crippen LogP contribution in [0, 0.1) is 0 Å². The average Bonchev–Trinajstić information content (AvgIpc) is 2.88. The van der Waals surface area contributed by atoms with E-state index in [9.17, 15) is 18.3 Å². The summed E-state index contributed by atoms with van der Waals surface area (Å²) in [5.41, 5.74) is 0.664. The number of hydrogen-bond acceptors (Lipinski definition) is 8. The lowest BCUT2D eigenvalue weighted by molar-refractivity contribution is 0.0697. The molecule has 11 heteroatoms. The number of piperazine rings is 1. The molecule has 1 aliphatic heterocycles. The first-order valence-corrected chi connectivity index (χ1v) is 12.3. The Bertz CT molecular complexity index is 1310. The lowest BCUT2D eigenvalue weighted by Gasteiger charge is -2.37. The van der Waals surface area contributed by atoms with Crippen LogP contribution in [0.2, 0.25) is 0 Å². The summed E-state index contributed by atoms with van der Waals surface area (Å²) < 4.78 is 38.9. The maximum atomic E-state index is 13.1. The zero-order chi connectivity index (χ0) is 25.0. The van der Waals surface area contributed by atoms with Crippen LogP contribution in [-0.2, 0) is 10.0 Å². The highest BCUT2D eigenvalue weighted by Gasteiger charge is 2.25. The second-order valence-corrected chi connectivity index (χ2v) is 9.47. The topological polar surface area (TPSA) is 121 Å².